The molecule has 0 aliphatic carbocycles. The van der Waals surface area contributed by atoms with E-state index in [1.165, 1.54) is 6.20 Å². The van der Waals surface area contributed by atoms with E-state index in [0.717, 1.165) is 11.3 Å². The first-order valence-electron chi connectivity index (χ1n) is 6.54. The number of amides is 1. The number of nitrogens with zero attached hydrogens (tertiary/aromatic N) is 5. The molecule has 2 heterocycles. The third-order valence-electron chi connectivity index (χ3n) is 2.88. The average Bonchev–Trinajstić information content (AvgIpc) is 2.52. The van der Waals surface area contributed by atoms with E-state index in [9.17, 15) is 4.79 Å². The van der Waals surface area contributed by atoms with Gasteiger partial charge in [0.05, 0.1) is 24.4 Å². The van der Waals surface area contributed by atoms with Crippen molar-refractivity contribution in [2.75, 3.05) is 6.54 Å². The highest BCUT2D eigenvalue weighted by atomic mass is 16.2. The summed E-state index contributed by atoms with van der Waals surface area (Å²) in [5.41, 5.74) is 1.94. The summed E-state index contributed by atoms with van der Waals surface area (Å²) in [6.45, 7) is 2.55. The fourth-order valence-electron chi connectivity index (χ4n) is 1.81. The van der Waals surface area contributed by atoms with Crippen molar-refractivity contribution in [2.45, 2.75) is 19.9 Å². The van der Waals surface area contributed by atoms with Crippen molar-refractivity contribution >= 4 is 5.91 Å². The Bertz CT molecular complexity index is 633. The van der Waals surface area contributed by atoms with Gasteiger partial charge in [-0.1, -0.05) is 6.07 Å². The maximum Gasteiger partial charge on any atom is 0.274 e. The van der Waals surface area contributed by atoms with E-state index in [2.05, 4.69) is 21.0 Å². The summed E-state index contributed by atoms with van der Waals surface area (Å²) in [5, 5.41) is 8.74. The minimum absolute atomic E-state index is 0.235. The lowest BCUT2D eigenvalue weighted by Gasteiger charge is -2.21. The van der Waals surface area contributed by atoms with Crippen LogP contribution in [0.2, 0.25) is 0 Å². The van der Waals surface area contributed by atoms with Crippen molar-refractivity contribution in [3.05, 3.63) is 53.9 Å². The van der Waals surface area contributed by atoms with Crippen molar-refractivity contribution in [3.8, 4) is 6.07 Å². The molecule has 0 aromatic carbocycles. The summed E-state index contributed by atoms with van der Waals surface area (Å²) < 4.78 is 0. The Kier molecular flexibility index (Phi) is 4.94. The second-order valence-corrected chi connectivity index (χ2v) is 4.54. The number of rotatable bonds is 5. The third kappa shape index (κ3) is 4.08. The minimum Gasteiger partial charge on any atom is -0.332 e. The van der Waals surface area contributed by atoms with E-state index in [-0.39, 0.29) is 18.0 Å². The van der Waals surface area contributed by atoms with Gasteiger partial charge in [-0.2, -0.15) is 5.26 Å². The maximum atomic E-state index is 12.5. The van der Waals surface area contributed by atoms with E-state index in [0.29, 0.717) is 13.1 Å². The SMILES string of the molecule is Cc1cnc(C(=O)N(CCC#N)Cc2cccnc2)cn1. The molecule has 2 aromatic rings. The van der Waals surface area contributed by atoms with Gasteiger partial charge in [0.2, 0.25) is 0 Å². The molecule has 0 unspecified atom stereocenters. The summed E-state index contributed by atoms with van der Waals surface area (Å²) in [7, 11) is 0. The topological polar surface area (TPSA) is 82.8 Å². The van der Waals surface area contributed by atoms with Gasteiger partial charge >= 0.3 is 0 Å². The van der Waals surface area contributed by atoms with Gasteiger partial charge in [-0.25, -0.2) is 4.98 Å². The number of hydrogen-bond donors (Lipinski definition) is 0. The van der Waals surface area contributed by atoms with Crippen LogP contribution in [0.15, 0.2) is 36.9 Å². The predicted octanol–water partition coefficient (Wildman–Crippen LogP) is 1.74. The van der Waals surface area contributed by atoms with Crippen LogP contribution in [0.25, 0.3) is 0 Å². The van der Waals surface area contributed by atoms with Crippen LogP contribution in [-0.4, -0.2) is 32.3 Å². The van der Waals surface area contributed by atoms with E-state index in [1.807, 2.05) is 19.1 Å². The van der Waals surface area contributed by atoms with Crippen LogP contribution in [0.5, 0.6) is 0 Å². The molecule has 6 heteroatoms. The van der Waals surface area contributed by atoms with Crippen LogP contribution in [0.1, 0.15) is 28.2 Å². The fraction of sp³-hybridized carbons (Fsp3) is 0.267. The molecule has 0 aliphatic rings. The summed E-state index contributed by atoms with van der Waals surface area (Å²) >= 11 is 0. The summed E-state index contributed by atoms with van der Waals surface area (Å²) in [6.07, 6.45) is 6.66. The van der Waals surface area contributed by atoms with Gasteiger partial charge in [-0.3, -0.25) is 14.8 Å². The average molecular weight is 281 g/mol. The molecule has 2 rings (SSSR count). The number of nitriles is 1. The van der Waals surface area contributed by atoms with E-state index in [1.54, 1.807) is 23.5 Å². The number of pyridine rings is 1. The lowest BCUT2D eigenvalue weighted by molar-refractivity contribution is 0.0740. The molecule has 21 heavy (non-hydrogen) atoms. The molecule has 0 saturated heterocycles. The molecule has 0 N–H and O–H groups in total. The van der Waals surface area contributed by atoms with Gasteiger partial charge in [-0.05, 0) is 18.6 Å². The lowest BCUT2D eigenvalue weighted by Crippen LogP contribution is -2.32. The smallest absolute Gasteiger partial charge is 0.274 e. The molecule has 0 spiro atoms. The molecule has 106 valence electrons. The van der Waals surface area contributed by atoms with Gasteiger partial charge in [0.1, 0.15) is 5.69 Å². The zero-order valence-electron chi connectivity index (χ0n) is 11.7. The Morgan fingerprint density at radius 2 is 2.19 bits per heavy atom. The van der Waals surface area contributed by atoms with Crippen LogP contribution in [0.3, 0.4) is 0 Å². The lowest BCUT2D eigenvalue weighted by atomic mass is 10.2. The Balaban J connectivity index is 2.17. The normalized spacial score (nSPS) is 9.90. The van der Waals surface area contributed by atoms with Crippen LogP contribution < -0.4 is 0 Å². The van der Waals surface area contributed by atoms with Gasteiger partial charge in [-0.15, -0.1) is 0 Å². The van der Waals surface area contributed by atoms with Crippen LogP contribution in [-0.2, 0) is 6.54 Å². The molecule has 0 saturated carbocycles. The van der Waals surface area contributed by atoms with Gasteiger partial charge in [0, 0.05) is 31.7 Å². The van der Waals surface area contributed by atoms with E-state index < -0.39 is 0 Å². The number of hydrogen-bond acceptors (Lipinski definition) is 5. The molecule has 0 fully saturated rings. The molecule has 0 radical (unpaired) electrons. The molecule has 2 aromatic heterocycles. The first-order chi connectivity index (χ1) is 10.2. The Morgan fingerprint density at radius 1 is 1.33 bits per heavy atom. The molecule has 0 aliphatic heterocycles. The molecule has 1 amide bonds. The molecule has 0 atom stereocenters. The molecular weight excluding hydrogens is 266 g/mol. The Hall–Kier alpha value is -2.81. The zero-order chi connectivity index (χ0) is 15.1. The van der Waals surface area contributed by atoms with Gasteiger partial charge in [0.15, 0.2) is 0 Å². The van der Waals surface area contributed by atoms with Crippen LogP contribution in [0, 0.1) is 18.3 Å². The summed E-state index contributed by atoms with van der Waals surface area (Å²) in [6, 6.07) is 5.76. The van der Waals surface area contributed by atoms with Crippen molar-refractivity contribution in [2.24, 2.45) is 0 Å². The highest BCUT2D eigenvalue weighted by Gasteiger charge is 2.17. The van der Waals surface area contributed by atoms with Crippen LogP contribution >= 0.6 is 0 Å². The van der Waals surface area contributed by atoms with Gasteiger partial charge in [0.25, 0.3) is 5.91 Å². The van der Waals surface area contributed by atoms with Crippen molar-refractivity contribution < 1.29 is 4.79 Å². The number of carbonyl (C=O) groups excluding carboxylic acids is 1. The largest absolute Gasteiger partial charge is 0.332 e. The predicted molar refractivity (Wildman–Crippen MR) is 76.0 cm³/mol. The molecule has 0 bridgehead atoms. The van der Waals surface area contributed by atoms with Crippen molar-refractivity contribution in [3.63, 3.8) is 0 Å². The second-order valence-electron chi connectivity index (χ2n) is 4.54. The Morgan fingerprint density at radius 3 is 2.81 bits per heavy atom. The van der Waals surface area contributed by atoms with Crippen molar-refractivity contribution in [1.82, 2.24) is 19.9 Å². The number of aryl methyl sites for hydroxylation is 1. The molecular formula is C15H15N5O. The monoisotopic (exact) mass is 281 g/mol. The maximum absolute atomic E-state index is 12.5. The summed E-state index contributed by atoms with van der Waals surface area (Å²) in [4.78, 5) is 26.3. The number of carbonyl (C=O) groups is 1. The molecule has 6 nitrogen and oxygen atoms in total. The minimum atomic E-state index is -0.235. The zero-order valence-corrected chi connectivity index (χ0v) is 11.7. The van der Waals surface area contributed by atoms with Crippen LogP contribution in [0.4, 0.5) is 0 Å². The first kappa shape index (κ1) is 14.6. The summed E-state index contributed by atoms with van der Waals surface area (Å²) in [5.74, 6) is -0.235. The highest BCUT2D eigenvalue weighted by molar-refractivity contribution is 5.91. The van der Waals surface area contributed by atoms with Gasteiger partial charge < -0.3 is 4.90 Å². The first-order valence-corrected chi connectivity index (χ1v) is 6.54. The highest BCUT2D eigenvalue weighted by Crippen LogP contribution is 2.08. The quantitative estimate of drug-likeness (QED) is 0.833. The number of aromatic nitrogens is 3. The Labute approximate surface area is 123 Å². The fourth-order valence-corrected chi connectivity index (χ4v) is 1.81. The van der Waals surface area contributed by atoms with E-state index >= 15 is 0 Å². The van der Waals surface area contributed by atoms with E-state index in [4.69, 9.17) is 5.26 Å². The third-order valence-corrected chi connectivity index (χ3v) is 2.88. The standard InChI is InChI=1S/C15H15N5O/c1-12-8-19-14(10-18-12)15(21)20(7-3-5-16)11-13-4-2-6-17-9-13/h2,4,6,8-10H,3,7,11H2,1H3. The second kappa shape index (κ2) is 7.10. The van der Waals surface area contributed by atoms with Crippen molar-refractivity contribution in [1.29, 1.82) is 5.26 Å².